The second-order valence-corrected chi connectivity index (χ2v) is 5.68. The van der Waals surface area contributed by atoms with Gasteiger partial charge in [-0.3, -0.25) is 0 Å². The number of ether oxygens (including phenoxy) is 1. The Labute approximate surface area is 116 Å². The fourth-order valence-electron chi connectivity index (χ4n) is 2.00. The number of aliphatic hydroxyl groups is 1. The molecule has 0 aliphatic heterocycles. The number of nitrogens with one attached hydrogen (secondary N) is 1. The van der Waals surface area contributed by atoms with Crippen molar-refractivity contribution < 1.29 is 9.84 Å². The zero-order chi connectivity index (χ0) is 13.7. The van der Waals surface area contributed by atoms with E-state index in [1.807, 2.05) is 0 Å². The first kappa shape index (κ1) is 14.5. The molecule has 1 fully saturated rings. The van der Waals surface area contributed by atoms with E-state index in [0.717, 1.165) is 12.5 Å². The van der Waals surface area contributed by atoms with Gasteiger partial charge >= 0.3 is 0 Å². The Morgan fingerprint density at radius 2 is 2.00 bits per heavy atom. The quantitative estimate of drug-likeness (QED) is 0.757. The summed E-state index contributed by atoms with van der Waals surface area (Å²) in [6.07, 6.45) is 2.16. The summed E-state index contributed by atoms with van der Waals surface area (Å²) < 4.78 is 5.48. The van der Waals surface area contributed by atoms with Crippen LogP contribution in [0, 0.1) is 12.8 Å². The van der Waals surface area contributed by atoms with Crippen molar-refractivity contribution in [2.75, 3.05) is 19.8 Å². The summed E-state index contributed by atoms with van der Waals surface area (Å²) in [6, 6.07) is 8.73. The molecule has 1 aromatic carbocycles. The Bertz CT molecular complexity index is 373. The molecule has 0 bridgehead atoms. The van der Waals surface area contributed by atoms with Crippen molar-refractivity contribution >= 4 is 0 Å². The maximum Gasteiger partial charge on any atom is 0.0897 e. The van der Waals surface area contributed by atoms with Gasteiger partial charge in [0, 0.05) is 19.2 Å². The topological polar surface area (TPSA) is 41.5 Å². The lowest BCUT2D eigenvalue weighted by atomic mass is 10.1. The predicted molar refractivity (Wildman–Crippen MR) is 77.1 cm³/mol. The molecule has 2 rings (SSSR count). The molecule has 2 unspecified atom stereocenters. The van der Waals surface area contributed by atoms with Crippen LogP contribution in [-0.4, -0.2) is 31.0 Å². The normalized spacial score (nSPS) is 18.3. The minimum Gasteiger partial charge on any atom is -0.389 e. The standard InChI is InChI=1S/C16H25NO2/c1-12-3-7-15(8-4-12)13(2)17-9-16(18)11-19-10-14-5-6-14/h3-4,7-8,13-14,16-18H,5-6,9-11H2,1-2H3. The van der Waals surface area contributed by atoms with Gasteiger partial charge in [0.25, 0.3) is 0 Å². The number of aliphatic hydroxyl groups excluding tert-OH is 1. The molecule has 0 amide bonds. The molecule has 0 heterocycles. The molecule has 1 aromatic rings. The maximum absolute atomic E-state index is 9.83. The number of benzene rings is 1. The zero-order valence-corrected chi connectivity index (χ0v) is 11.9. The van der Waals surface area contributed by atoms with Gasteiger partial charge in [0.2, 0.25) is 0 Å². The smallest absolute Gasteiger partial charge is 0.0897 e. The highest BCUT2D eigenvalue weighted by atomic mass is 16.5. The van der Waals surface area contributed by atoms with Crippen molar-refractivity contribution in [1.29, 1.82) is 0 Å². The molecule has 1 aliphatic rings. The fourth-order valence-corrected chi connectivity index (χ4v) is 2.00. The maximum atomic E-state index is 9.83. The van der Waals surface area contributed by atoms with Gasteiger partial charge in [-0.25, -0.2) is 0 Å². The zero-order valence-electron chi connectivity index (χ0n) is 11.9. The van der Waals surface area contributed by atoms with E-state index >= 15 is 0 Å². The predicted octanol–water partition coefficient (Wildman–Crippen LogP) is 2.43. The summed E-state index contributed by atoms with van der Waals surface area (Å²) in [7, 11) is 0. The fraction of sp³-hybridized carbons (Fsp3) is 0.625. The lowest BCUT2D eigenvalue weighted by molar-refractivity contribution is 0.0315. The van der Waals surface area contributed by atoms with Crippen molar-refractivity contribution in [1.82, 2.24) is 5.32 Å². The molecule has 0 spiro atoms. The van der Waals surface area contributed by atoms with E-state index in [1.54, 1.807) is 0 Å². The third kappa shape index (κ3) is 5.31. The Kier molecular flexibility index (Phi) is 5.37. The van der Waals surface area contributed by atoms with Crippen molar-refractivity contribution in [3.8, 4) is 0 Å². The van der Waals surface area contributed by atoms with Gasteiger partial charge in [0.15, 0.2) is 0 Å². The SMILES string of the molecule is Cc1ccc(C(C)NCC(O)COCC2CC2)cc1. The van der Waals surface area contributed by atoms with Crippen LogP contribution in [0.15, 0.2) is 24.3 Å². The molecule has 2 atom stereocenters. The first-order valence-corrected chi connectivity index (χ1v) is 7.21. The second kappa shape index (κ2) is 7.04. The summed E-state index contributed by atoms with van der Waals surface area (Å²) >= 11 is 0. The summed E-state index contributed by atoms with van der Waals surface area (Å²) in [5, 5.41) is 13.2. The molecule has 0 aromatic heterocycles. The number of rotatable bonds is 8. The van der Waals surface area contributed by atoms with Crippen molar-refractivity contribution in [2.45, 2.75) is 38.8 Å². The highest BCUT2D eigenvalue weighted by Crippen LogP contribution is 2.28. The van der Waals surface area contributed by atoms with Crippen LogP contribution >= 0.6 is 0 Å². The molecule has 19 heavy (non-hydrogen) atoms. The van der Waals surface area contributed by atoms with Crippen LogP contribution in [0.5, 0.6) is 0 Å². The van der Waals surface area contributed by atoms with Crippen molar-refractivity contribution in [3.05, 3.63) is 35.4 Å². The van der Waals surface area contributed by atoms with E-state index in [2.05, 4.69) is 43.4 Å². The van der Waals surface area contributed by atoms with E-state index in [9.17, 15) is 5.11 Å². The van der Waals surface area contributed by atoms with E-state index in [4.69, 9.17) is 4.74 Å². The van der Waals surface area contributed by atoms with Gasteiger partial charge in [0.1, 0.15) is 0 Å². The van der Waals surface area contributed by atoms with Gasteiger partial charge in [0.05, 0.1) is 12.7 Å². The summed E-state index contributed by atoms with van der Waals surface area (Å²) in [4.78, 5) is 0. The van der Waals surface area contributed by atoms with Crippen LogP contribution in [0.3, 0.4) is 0 Å². The van der Waals surface area contributed by atoms with Gasteiger partial charge < -0.3 is 15.2 Å². The molecule has 106 valence electrons. The molecule has 1 aliphatic carbocycles. The van der Waals surface area contributed by atoms with E-state index < -0.39 is 6.10 Å². The molecule has 1 saturated carbocycles. The molecular formula is C16H25NO2. The van der Waals surface area contributed by atoms with Crippen LogP contribution in [0.4, 0.5) is 0 Å². The van der Waals surface area contributed by atoms with Crippen LogP contribution in [0.2, 0.25) is 0 Å². The molecule has 0 saturated heterocycles. The summed E-state index contributed by atoms with van der Waals surface area (Å²) in [5.74, 6) is 0.756. The van der Waals surface area contributed by atoms with Crippen molar-refractivity contribution in [2.24, 2.45) is 5.92 Å². The van der Waals surface area contributed by atoms with E-state index in [1.165, 1.54) is 24.0 Å². The molecule has 3 nitrogen and oxygen atoms in total. The minimum atomic E-state index is -0.424. The average Bonchev–Trinajstić information content (AvgIpc) is 3.21. The molecular weight excluding hydrogens is 238 g/mol. The van der Waals surface area contributed by atoms with E-state index in [0.29, 0.717) is 13.2 Å². The highest BCUT2D eigenvalue weighted by molar-refractivity contribution is 5.23. The summed E-state index contributed by atoms with van der Waals surface area (Å²) in [6.45, 7) is 6.01. The van der Waals surface area contributed by atoms with Crippen molar-refractivity contribution in [3.63, 3.8) is 0 Å². The lowest BCUT2D eigenvalue weighted by Crippen LogP contribution is -2.32. The molecule has 3 heteroatoms. The third-order valence-electron chi connectivity index (χ3n) is 3.60. The monoisotopic (exact) mass is 263 g/mol. The largest absolute Gasteiger partial charge is 0.389 e. The Morgan fingerprint density at radius 3 is 2.63 bits per heavy atom. The second-order valence-electron chi connectivity index (χ2n) is 5.68. The van der Waals surface area contributed by atoms with Gasteiger partial charge in [-0.05, 0) is 38.2 Å². The molecule has 2 N–H and O–H groups in total. The minimum absolute atomic E-state index is 0.249. The average molecular weight is 263 g/mol. The van der Waals surface area contributed by atoms with E-state index in [-0.39, 0.29) is 6.04 Å². The van der Waals surface area contributed by atoms with Crippen LogP contribution in [-0.2, 0) is 4.74 Å². The third-order valence-corrected chi connectivity index (χ3v) is 3.60. The summed E-state index contributed by atoms with van der Waals surface area (Å²) in [5.41, 5.74) is 2.51. The highest BCUT2D eigenvalue weighted by Gasteiger charge is 2.21. The number of aryl methyl sites for hydroxylation is 1. The van der Waals surface area contributed by atoms with Crippen LogP contribution in [0.1, 0.15) is 36.9 Å². The Hall–Kier alpha value is -0.900. The number of hydrogen-bond donors (Lipinski definition) is 2. The Morgan fingerprint density at radius 1 is 1.32 bits per heavy atom. The molecule has 0 radical (unpaired) electrons. The van der Waals surface area contributed by atoms with Gasteiger partial charge in [-0.1, -0.05) is 29.8 Å². The Balaban J connectivity index is 1.64. The first-order chi connectivity index (χ1) is 9.15. The van der Waals surface area contributed by atoms with Crippen LogP contribution in [0.25, 0.3) is 0 Å². The first-order valence-electron chi connectivity index (χ1n) is 7.21. The number of hydrogen-bond acceptors (Lipinski definition) is 3. The van der Waals surface area contributed by atoms with Gasteiger partial charge in [-0.2, -0.15) is 0 Å². The van der Waals surface area contributed by atoms with Gasteiger partial charge in [-0.15, -0.1) is 0 Å². The lowest BCUT2D eigenvalue weighted by Gasteiger charge is -2.17. The van der Waals surface area contributed by atoms with Crippen LogP contribution < -0.4 is 5.32 Å².